The van der Waals surface area contributed by atoms with Gasteiger partial charge in [0.25, 0.3) is 5.60 Å². The standard InChI is InChI=1S/C23H18Cl2F5N3O2/c24-16-8-15(9-17(25)19(16)26)22(23(28,29)30)10-18(31-35-22)13-2-4-14(5-3-13)21(27)11-33(12-21)20(34)32-6-1-7-32/h2-5,8-9H,1,6-7,10-12H2. The zero-order chi connectivity index (χ0) is 25.2. The fraction of sp³-hybridized carbons (Fsp3) is 0.391. The van der Waals surface area contributed by atoms with Crippen LogP contribution in [0.3, 0.4) is 0 Å². The van der Waals surface area contributed by atoms with E-state index in [9.17, 15) is 22.4 Å². The second-order valence-corrected chi connectivity index (χ2v) is 9.72. The molecule has 2 aromatic carbocycles. The molecule has 5 rings (SSSR count). The maximum atomic E-state index is 15.3. The van der Waals surface area contributed by atoms with E-state index in [0.717, 1.165) is 18.6 Å². The van der Waals surface area contributed by atoms with Crippen molar-refractivity contribution in [3.63, 3.8) is 0 Å². The highest BCUT2D eigenvalue weighted by Gasteiger charge is 2.62. The fourth-order valence-corrected chi connectivity index (χ4v) is 4.88. The molecule has 2 aromatic rings. The van der Waals surface area contributed by atoms with Gasteiger partial charge in [0.05, 0.1) is 28.8 Å². The Hall–Kier alpha value is -2.59. The number of oxime groups is 1. The Labute approximate surface area is 207 Å². The van der Waals surface area contributed by atoms with E-state index in [4.69, 9.17) is 28.0 Å². The molecule has 12 heteroatoms. The van der Waals surface area contributed by atoms with Gasteiger partial charge in [-0.2, -0.15) is 13.2 Å². The minimum atomic E-state index is -4.93. The van der Waals surface area contributed by atoms with Crippen LogP contribution in [0.2, 0.25) is 10.0 Å². The first kappa shape index (κ1) is 24.1. The third kappa shape index (κ3) is 3.91. The lowest BCUT2D eigenvalue weighted by Gasteiger charge is -2.47. The van der Waals surface area contributed by atoms with Crippen LogP contribution in [0.15, 0.2) is 41.6 Å². The molecule has 0 N–H and O–H groups in total. The molecule has 0 spiro atoms. The predicted octanol–water partition coefficient (Wildman–Crippen LogP) is 6.02. The number of amides is 2. The number of carbonyl (C=O) groups excluding carboxylic acids is 1. The van der Waals surface area contributed by atoms with Crippen LogP contribution in [0.5, 0.6) is 0 Å². The van der Waals surface area contributed by atoms with Crippen LogP contribution in [0.25, 0.3) is 0 Å². The minimum absolute atomic E-state index is 0.0263. The van der Waals surface area contributed by atoms with Gasteiger partial charge in [0.15, 0.2) is 11.5 Å². The van der Waals surface area contributed by atoms with Gasteiger partial charge in [0.2, 0.25) is 0 Å². The molecule has 0 aliphatic carbocycles. The van der Waals surface area contributed by atoms with Crippen molar-refractivity contribution in [1.29, 1.82) is 0 Å². The number of likely N-dealkylation sites (tertiary alicyclic amines) is 2. The van der Waals surface area contributed by atoms with Gasteiger partial charge in [0, 0.05) is 25.1 Å². The van der Waals surface area contributed by atoms with E-state index in [1.165, 1.54) is 29.2 Å². The van der Waals surface area contributed by atoms with Crippen molar-refractivity contribution < 1.29 is 31.6 Å². The van der Waals surface area contributed by atoms with E-state index >= 15 is 4.39 Å². The number of halogens is 7. The lowest BCUT2D eigenvalue weighted by molar-refractivity contribution is -0.275. The zero-order valence-corrected chi connectivity index (χ0v) is 19.5. The highest BCUT2D eigenvalue weighted by Crippen LogP contribution is 2.50. The number of carbonyl (C=O) groups is 1. The molecule has 2 saturated heterocycles. The summed E-state index contributed by atoms with van der Waals surface area (Å²) in [6.45, 7) is 1.16. The molecule has 35 heavy (non-hydrogen) atoms. The maximum absolute atomic E-state index is 15.3. The smallest absolute Gasteiger partial charge is 0.374 e. The largest absolute Gasteiger partial charge is 0.435 e. The van der Waals surface area contributed by atoms with Gasteiger partial charge in [-0.05, 0) is 29.7 Å². The van der Waals surface area contributed by atoms with Crippen LogP contribution in [0.1, 0.15) is 29.5 Å². The molecule has 3 aliphatic heterocycles. The predicted molar refractivity (Wildman–Crippen MR) is 119 cm³/mol. The molecule has 5 nitrogen and oxygen atoms in total. The normalized spacial score (nSPS) is 23.3. The van der Waals surface area contributed by atoms with E-state index in [0.29, 0.717) is 24.2 Å². The van der Waals surface area contributed by atoms with Gasteiger partial charge >= 0.3 is 12.2 Å². The molecule has 2 amide bonds. The van der Waals surface area contributed by atoms with Crippen molar-refractivity contribution in [1.82, 2.24) is 9.80 Å². The molecular formula is C23H18Cl2F5N3O2. The summed E-state index contributed by atoms with van der Waals surface area (Å²) in [5.74, 6) is -1.04. The number of benzene rings is 2. The molecule has 0 aromatic heterocycles. The summed E-state index contributed by atoms with van der Waals surface area (Å²) in [7, 11) is 0. The fourth-order valence-electron chi connectivity index (χ4n) is 4.39. The number of alkyl halides is 4. The number of hydrogen-bond donors (Lipinski definition) is 0. The average Bonchev–Trinajstić information content (AvgIpc) is 3.21. The Morgan fingerprint density at radius 3 is 2.11 bits per heavy atom. The Morgan fingerprint density at radius 2 is 1.60 bits per heavy atom. The topological polar surface area (TPSA) is 45.1 Å². The van der Waals surface area contributed by atoms with Crippen LogP contribution in [-0.2, 0) is 16.1 Å². The lowest BCUT2D eigenvalue weighted by Crippen LogP contribution is -2.63. The zero-order valence-electron chi connectivity index (χ0n) is 18.0. The average molecular weight is 534 g/mol. The number of nitrogens with zero attached hydrogens (tertiary/aromatic N) is 3. The monoisotopic (exact) mass is 533 g/mol. The van der Waals surface area contributed by atoms with Crippen molar-refractivity contribution in [2.24, 2.45) is 5.16 Å². The molecule has 0 radical (unpaired) electrons. The van der Waals surface area contributed by atoms with Crippen molar-refractivity contribution in [3.05, 3.63) is 69.0 Å². The molecule has 1 unspecified atom stereocenters. The van der Waals surface area contributed by atoms with E-state index in [1.54, 1.807) is 4.90 Å². The quantitative estimate of drug-likeness (QED) is 0.357. The molecule has 186 valence electrons. The number of hydrogen-bond acceptors (Lipinski definition) is 3. The van der Waals surface area contributed by atoms with Crippen LogP contribution in [0, 0.1) is 5.82 Å². The van der Waals surface area contributed by atoms with Crippen molar-refractivity contribution in [2.45, 2.75) is 30.3 Å². The SMILES string of the molecule is O=C(N1CCC1)N1CC(F)(c2ccc(C3=NOC(c4cc(Cl)c(F)c(Cl)c4)(C(F)(F)F)C3)cc2)C1. The molecule has 3 heterocycles. The van der Waals surface area contributed by atoms with Gasteiger partial charge in [0.1, 0.15) is 0 Å². The van der Waals surface area contributed by atoms with Gasteiger partial charge in [-0.3, -0.25) is 0 Å². The summed E-state index contributed by atoms with van der Waals surface area (Å²) < 4.78 is 71.5. The maximum Gasteiger partial charge on any atom is 0.435 e. The van der Waals surface area contributed by atoms with Gasteiger partial charge < -0.3 is 14.6 Å². The summed E-state index contributed by atoms with van der Waals surface area (Å²) in [5.41, 5.74) is -4.54. The Kier molecular flexibility index (Phi) is 5.67. The van der Waals surface area contributed by atoms with E-state index in [2.05, 4.69) is 5.16 Å². The van der Waals surface area contributed by atoms with E-state index in [-0.39, 0.29) is 24.8 Å². The third-order valence-electron chi connectivity index (χ3n) is 6.65. The van der Waals surface area contributed by atoms with Gasteiger partial charge in [-0.15, -0.1) is 0 Å². The minimum Gasteiger partial charge on any atom is -0.374 e. The van der Waals surface area contributed by atoms with Crippen molar-refractivity contribution in [3.8, 4) is 0 Å². The molecule has 0 saturated carbocycles. The van der Waals surface area contributed by atoms with Crippen LogP contribution in [0.4, 0.5) is 26.7 Å². The summed E-state index contributed by atoms with van der Waals surface area (Å²) in [6, 6.07) is 7.27. The highest BCUT2D eigenvalue weighted by atomic mass is 35.5. The second kappa shape index (κ2) is 8.23. The molecule has 1 atom stereocenters. The molecule has 0 bridgehead atoms. The number of urea groups is 1. The van der Waals surface area contributed by atoms with Crippen molar-refractivity contribution in [2.75, 3.05) is 26.2 Å². The van der Waals surface area contributed by atoms with Gasteiger partial charge in [-0.25, -0.2) is 13.6 Å². The second-order valence-electron chi connectivity index (χ2n) is 8.91. The first-order valence-corrected chi connectivity index (χ1v) is 11.5. The molecular weight excluding hydrogens is 516 g/mol. The summed E-state index contributed by atoms with van der Waals surface area (Å²) in [5, 5.41) is 2.49. The van der Waals surface area contributed by atoms with E-state index < -0.39 is 45.3 Å². The number of rotatable bonds is 3. The third-order valence-corrected chi connectivity index (χ3v) is 7.20. The molecule has 3 aliphatic rings. The summed E-state index contributed by atoms with van der Waals surface area (Å²) >= 11 is 11.4. The summed E-state index contributed by atoms with van der Waals surface area (Å²) in [4.78, 5) is 20.2. The van der Waals surface area contributed by atoms with Crippen LogP contribution in [-0.4, -0.2) is 53.9 Å². The van der Waals surface area contributed by atoms with Gasteiger partial charge in [-0.1, -0.05) is 52.6 Å². The first-order chi connectivity index (χ1) is 16.4. The Bertz CT molecular complexity index is 1190. The van der Waals surface area contributed by atoms with Crippen LogP contribution < -0.4 is 0 Å². The lowest BCUT2D eigenvalue weighted by atomic mass is 9.85. The Morgan fingerprint density at radius 1 is 1.00 bits per heavy atom. The van der Waals surface area contributed by atoms with Crippen molar-refractivity contribution >= 4 is 34.9 Å². The first-order valence-electron chi connectivity index (χ1n) is 10.7. The Balaban J connectivity index is 1.34. The van der Waals surface area contributed by atoms with Crippen LogP contribution >= 0.6 is 23.2 Å². The summed E-state index contributed by atoms with van der Waals surface area (Å²) in [6.07, 6.45) is -4.71. The molecule has 2 fully saturated rings. The van der Waals surface area contributed by atoms with E-state index in [1.807, 2.05) is 0 Å². The highest BCUT2D eigenvalue weighted by molar-refractivity contribution is 6.35.